The molecule has 0 aromatic heterocycles. The summed E-state index contributed by atoms with van der Waals surface area (Å²) < 4.78 is 5.69. The fraction of sp³-hybridized carbons (Fsp3) is 0.562. The van der Waals surface area contributed by atoms with Crippen molar-refractivity contribution in [3.05, 3.63) is 29.8 Å². The van der Waals surface area contributed by atoms with Crippen LogP contribution in [0.15, 0.2) is 24.3 Å². The van der Waals surface area contributed by atoms with Gasteiger partial charge in [0, 0.05) is 12.0 Å². The molecule has 0 saturated carbocycles. The first-order valence-corrected chi connectivity index (χ1v) is 7.23. The van der Waals surface area contributed by atoms with Crippen molar-refractivity contribution >= 4 is 5.97 Å². The van der Waals surface area contributed by atoms with E-state index in [1.165, 1.54) is 0 Å². The molecule has 0 bridgehead atoms. The first kappa shape index (κ1) is 16.5. The summed E-state index contributed by atoms with van der Waals surface area (Å²) in [5.41, 5.74) is 0.814. The van der Waals surface area contributed by atoms with Crippen molar-refractivity contribution in [3.8, 4) is 5.75 Å². The first-order valence-electron chi connectivity index (χ1n) is 7.23. The van der Waals surface area contributed by atoms with Crippen molar-refractivity contribution in [3.63, 3.8) is 0 Å². The number of carboxylic acid groups (broad SMARTS) is 1. The van der Waals surface area contributed by atoms with E-state index in [2.05, 4.69) is 0 Å². The molecule has 112 valence electrons. The fourth-order valence-corrected chi connectivity index (χ4v) is 2.05. The van der Waals surface area contributed by atoms with Gasteiger partial charge in [0.15, 0.2) is 0 Å². The van der Waals surface area contributed by atoms with Gasteiger partial charge in [0.05, 0.1) is 12.7 Å². The molecule has 4 nitrogen and oxygen atoms in total. The van der Waals surface area contributed by atoms with Gasteiger partial charge in [0.25, 0.3) is 0 Å². The molecule has 0 aliphatic rings. The quantitative estimate of drug-likeness (QED) is 0.643. The lowest BCUT2D eigenvalue weighted by atomic mass is 10.1. The summed E-state index contributed by atoms with van der Waals surface area (Å²) in [5.74, 6) is 0.0245. The summed E-state index contributed by atoms with van der Waals surface area (Å²) in [6, 6.07) is 7.52. The molecule has 1 rings (SSSR count). The summed E-state index contributed by atoms with van der Waals surface area (Å²) in [6.07, 6.45) is 4.46. The number of para-hydroxylation sites is 1. The van der Waals surface area contributed by atoms with Crippen molar-refractivity contribution in [1.29, 1.82) is 0 Å². The van der Waals surface area contributed by atoms with Crippen LogP contribution in [0.4, 0.5) is 0 Å². The number of unbranched alkanes of at least 4 members (excludes halogenated alkanes) is 4. The molecule has 1 aromatic rings. The van der Waals surface area contributed by atoms with Crippen LogP contribution < -0.4 is 4.74 Å². The Morgan fingerprint density at radius 2 is 1.80 bits per heavy atom. The van der Waals surface area contributed by atoms with E-state index >= 15 is 0 Å². The van der Waals surface area contributed by atoms with Crippen molar-refractivity contribution in [2.75, 3.05) is 6.61 Å². The zero-order chi connectivity index (χ0) is 14.8. The first-order chi connectivity index (χ1) is 9.61. The second-order valence-corrected chi connectivity index (χ2v) is 4.97. The number of hydrogen-bond donors (Lipinski definition) is 2. The van der Waals surface area contributed by atoms with Crippen LogP contribution in [0.1, 0.15) is 57.1 Å². The minimum Gasteiger partial charge on any atom is -0.493 e. The van der Waals surface area contributed by atoms with Crippen LogP contribution in [0.3, 0.4) is 0 Å². The van der Waals surface area contributed by atoms with E-state index in [1.807, 2.05) is 24.3 Å². The molecular formula is C16H24O4. The number of aliphatic hydroxyl groups excluding tert-OH is 1. The summed E-state index contributed by atoms with van der Waals surface area (Å²) in [7, 11) is 0. The Balaban J connectivity index is 2.14. The van der Waals surface area contributed by atoms with Crippen LogP contribution in [-0.4, -0.2) is 22.8 Å². The van der Waals surface area contributed by atoms with Crippen LogP contribution in [0, 0.1) is 0 Å². The highest BCUT2D eigenvalue weighted by atomic mass is 16.5. The Hall–Kier alpha value is -1.55. The molecule has 0 heterocycles. The third-order valence-corrected chi connectivity index (χ3v) is 3.16. The normalized spacial score (nSPS) is 12.1. The SMILES string of the molecule is CC(O)c1ccccc1OCCCCCCCC(=O)O. The second kappa shape index (κ2) is 9.37. The summed E-state index contributed by atoms with van der Waals surface area (Å²) >= 11 is 0. The molecular weight excluding hydrogens is 256 g/mol. The molecule has 1 aromatic carbocycles. The third-order valence-electron chi connectivity index (χ3n) is 3.16. The number of carboxylic acids is 1. The maximum Gasteiger partial charge on any atom is 0.303 e. The van der Waals surface area contributed by atoms with Crippen molar-refractivity contribution < 1.29 is 19.7 Å². The van der Waals surface area contributed by atoms with Crippen molar-refractivity contribution in [1.82, 2.24) is 0 Å². The summed E-state index contributed by atoms with van der Waals surface area (Å²) in [6.45, 7) is 2.35. The van der Waals surface area contributed by atoms with Crippen LogP contribution in [0.5, 0.6) is 5.75 Å². The number of carbonyl (C=O) groups is 1. The molecule has 0 aliphatic carbocycles. The average molecular weight is 280 g/mol. The maximum atomic E-state index is 10.3. The summed E-state index contributed by atoms with van der Waals surface area (Å²) in [5, 5.41) is 18.1. The fourth-order valence-electron chi connectivity index (χ4n) is 2.05. The lowest BCUT2D eigenvalue weighted by Crippen LogP contribution is -2.02. The van der Waals surface area contributed by atoms with Gasteiger partial charge in [0.2, 0.25) is 0 Å². The van der Waals surface area contributed by atoms with Gasteiger partial charge in [-0.15, -0.1) is 0 Å². The van der Waals surface area contributed by atoms with Gasteiger partial charge in [-0.2, -0.15) is 0 Å². The van der Waals surface area contributed by atoms with E-state index in [9.17, 15) is 9.90 Å². The van der Waals surface area contributed by atoms with Gasteiger partial charge in [-0.1, -0.05) is 37.5 Å². The van der Waals surface area contributed by atoms with Crippen LogP contribution in [0.25, 0.3) is 0 Å². The molecule has 2 N–H and O–H groups in total. The lowest BCUT2D eigenvalue weighted by Gasteiger charge is -2.13. The molecule has 0 radical (unpaired) electrons. The van der Waals surface area contributed by atoms with Gasteiger partial charge >= 0.3 is 5.97 Å². The highest BCUT2D eigenvalue weighted by Gasteiger charge is 2.07. The Morgan fingerprint density at radius 1 is 1.15 bits per heavy atom. The molecule has 1 unspecified atom stereocenters. The second-order valence-electron chi connectivity index (χ2n) is 4.97. The molecule has 0 spiro atoms. The van der Waals surface area contributed by atoms with Crippen LogP contribution >= 0.6 is 0 Å². The predicted octanol–water partition coefficient (Wildman–Crippen LogP) is 3.54. The number of hydrogen-bond acceptors (Lipinski definition) is 3. The average Bonchev–Trinajstić information content (AvgIpc) is 2.41. The number of ether oxygens (including phenoxy) is 1. The number of rotatable bonds is 10. The minimum absolute atomic E-state index is 0.262. The third kappa shape index (κ3) is 6.57. The molecule has 0 aliphatic heterocycles. The van der Waals surface area contributed by atoms with E-state index in [0.29, 0.717) is 6.61 Å². The molecule has 0 fully saturated rings. The van der Waals surface area contributed by atoms with Crippen molar-refractivity contribution in [2.24, 2.45) is 0 Å². The van der Waals surface area contributed by atoms with Crippen LogP contribution in [-0.2, 0) is 4.79 Å². The van der Waals surface area contributed by atoms with E-state index in [-0.39, 0.29) is 6.42 Å². The van der Waals surface area contributed by atoms with Gasteiger partial charge < -0.3 is 14.9 Å². The van der Waals surface area contributed by atoms with E-state index in [1.54, 1.807) is 6.92 Å². The smallest absolute Gasteiger partial charge is 0.303 e. The largest absolute Gasteiger partial charge is 0.493 e. The molecule has 4 heteroatoms. The minimum atomic E-state index is -0.719. The Kier molecular flexibility index (Phi) is 7.73. The van der Waals surface area contributed by atoms with Gasteiger partial charge in [-0.3, -0.25) is 4.79 Å². The van der Waals surface area contributed by atoms with Gasteiger partial charge in [-0.25, -0.2) is 0 Å². The number of aliphatic carboxylic acids is 1. The standard InChI is InChI=1S/C16H24O4/c1-13(17)14-9-6-7-10-15(14)20-12-8-4-2-3-5-11-16(18)19/h6-7,9-10,13,17H,2-5,8,11-12H2,1H3,(H,18,19). The van der Waals surface area contributed by atoms with Gasteiger partial charge in [0.1, 0.15) is 5.75 Å². The number of benzene rings is 1. The highest BCUT2D eigenvalue weighted by molar-refractivity contribution is 5.66. The lowest BCUT2D eigenvalue weighted by molar-refractivity contribution is -0.137. The van der Waals surface area contributed by atoms with Gasteiger partial charge in [-0.05, 0) is 25.8 Å². The zero-order valence-corrected chi connectivity index (χ0v) is 12.0. The monoisotopic (exact) mass is 280 g/mol. The van der Waals surface area contributed by atoms with E-state index < -0.39 is 12.1 Å². The predicted molar refractivity (Wildman–Crippen MR) is 77.9 cm³/mol. The molecule has 20 heavy (non-hydrogen) atoms. The summed E-state index contributed by atoms with van der Waals surface area (Å²) in [4.78, 5) is 10.3. The van der Waals surface area contributed by atoms with E-state index in [0.717, 1.165) is 43.4 Å². The van der Waals surface area contributed by atoms with Crippen molar-refractivity contribution in [2.45, 2.75) is 51.6 Å². The highest BCUT2D eigenvalue weighted by Crippen LogP contribution is 2.24. The zero-order valence-electron chi connectivity index (χ0n) is 12.0. The molecule has 0 saturated heterocycles. The Bertz CT molecular complexity index is 401. The number of aliphatic hydroxyl groups is 1. The topological polar surface area (TPSA) is 66.8 Å². The van der Waals surface area contributed by atoms with Crippen LogP contribution in [0.2, 0.25) is 0 Å². The van der Waals surface area contributed by atoms with E-state index in [4.69, 9.17) is 9.84 Å². The molecule has 0 amide bonds. The maximum absolute atomic E-state index is 10.3. The Labute approximate surface area is 120 Å². The Morgan fingerprint density at radius 3 is 2.50 bits per heavy atom. The molecule has 1 atom stereocenters.